The molecule has 4 heterocycles. The van der Waals surface area contributed by atoms with Crippen LogP contribution in [0.25, 0.3) is 17.1 Å². The molecule has 3 heteroatoms. The first kappa shape index (κ1) is 11.9. The maximum Gasteiger partial charge on any atom is 0.119 e. The lowest BCUT2D eigenvalue weighted by Gasteiger charge is -2.45. The van der Waals surface area contributed by atoms with Gasteiger partial charge in [0.2, 0.25) is 0 Å². The Balaban J connectivity index is 1.81. The third-order valence-electron chi connectivity index (χ3n) is 5.55. The van der Waals surface area contributed by atoms with E-state index in [0.717, 1.165) is 5.75 Å². The first-order chi connectivity index (χ1) is 10.4. The summed E-state index contributed by atoms with van der Waals surface area (Å²) in [6.45, 7) is 2.47. The van der Waals surface area contributed by atoms with Gasteiger partial charge in [0.25, 0.3) is 0 Å². The molecule has 0 amide bonds. The normalized spacial score (nSPS) is 26.9. The molecule has 5 rings (SSSR count). The third-order valence-corrected chi connectivity index (χ3v) is 5.55. The number of aromatic nitrogens is 1. The zero-order valence-corrected chi connectivity index (χ0v) is 12.4. The van der Waals surface area contributed by atoms with E-state index in [9.17, 15) is 0 Å². The number of benzene rings is 1. The fraction of sp³-hybridized carbons (Fsp3) is 0.444. The van der Waals surface area contributed by atoms with Crippen LogP contribution in [-0.2, 0) is 6.42 Å². The summed E-state index contributed by atoms with van der Waals surface area (Å²) in [4.78, 5) is 2.70. The van der Waals surface area contributed by atoms with Crippen LogP contribution >= 0.6 is 0 Å². The molecule has 3 nitrogen and oxygen atoms in total. The monoisotopic (exact) mass is 280 g/mol. The van der Waals surface area contributed by atoms with Gasteiger partial charge in [0.1, 0.15) is 5.75 Å². The van der Waals surface area contributed by atoms with Gasteiger partial charge >= 0.3 is 0 Å². The Bertz CT molecular complexity index is 758. The van der Waals surface area contributed by atoms with Gasteiger partial charge in [-0.1, -0.05) is 6.08 Å². The van der Waals surface area contributed by atoms with Gasteiger partial charge < -0.3 is 9.30 Å². The maximum atomic E-state index is 5.44. The summed E-state index contributed by atoms with van der Waals surface area (Å²) in [6.07, 6.45) is 8.59. The fourth-order valence-corrected chi connectivity index (χ4v) is 4.63. The van der Waals surface area contributed by atoms with Crippen LogP contribution in [0.5, 0.6) is 5.75 Å². The summed E-state index contributed by atoms with van der Waals surface area (Å²) in [5.74, 6) is 1.67. The summed E-state index contributed by atoms with van der Waals surface area (Å²) >= 11 is 0. The molecule has 2 aromatic rings. The molecule has 0 bridgehead atoms. The first-order valence-corrected chi connectivity index (χ1v) is 8.00. The zero-order valence-electron chi connectivity index (χ0n) is 12.4. The van der Waals surface area contributed by atoms with Crippen LogP contribution in [0.3, 0.4) is 0 Å². The summed E-state index contributed by atoms with van der Waals surface area (Å²) < 4.78 is 7.87. The largest absolute Gasteiger partial charge is 0.497 e. The van der Waals surface area contributed by atoms with Crippen molar-refractivity contribution in [3.05, 3.63) is 35.5 Å². The fourth-order valence-electron chi connectivity index (χ4n) is 4.63. The maximum absolute atomic E-state index is 5.44. The summed E-state index contributed by atoms with van der Waals surface area (Å²) in [6, 6.07) is 7.11. The highest BCUT2D eigenvalue weighted by Crippen LogP contribution is 2.47. The average Bonchev–Trinajstić information content (AvgIpc) is 2.87. The lowest BCUT2D eigenvalue weighted by Crippen LogP contribution is -2.44. The molecule has 108 valence electrons. The Kier molecular flexibility index (Phi) is 2.34. The summed E-state index contributed by atoms with van der Waals surface area (Å²) in [5.41, 5.74) is 4.45. The molecule has 0 aliphatic carbocycles. The Morgan fingerprint density at radius 2 is 2.19 bits per heavy atom. The van der Waals surface area contributed by atoms with E-state index in [0.29, 0.717) is 12.0 Å². The first-order valence-electron chi connectivity index (χ1n) is 8.00. The molecule has 2 atom stereocenters. The minimum Gasteiger partial charge on any atom is -0.497 e. The topological polar surface area (TPSA) is 17.4 Å². The van der Waals surface area contributed by atoms with Crippen molar-refractivity contribution in [2.45, 2.75) is 25.3 Å². The van der Waals surface area contributed by atoms with E-state index in [1.54, 1.807) is 18.4 Å². The molecule has 0 unspecified atom stereocenters. The van der Waals surface area contributed by atoms with E-state index in [2.05, 4.69) is 39.9 Å². The highest BCUT2D eigenvalue weighted by Gasteiger charge is 2.40. The van der Waals surface area contributed by atoms with Crippen molar-refractivity contribution in [2.75, 3.05) is 20.2 Å². The molecule has 3 aliphatic rings. The standard InChI is InChI=1S/C18H20N2O/c1-21-13-4-5-16-15(11-13)14-7-9-19-8-2-3-12-6-10-20(16)18(14)17(12)19/h4-6,10-12,17H,2-3,7-9H2,1H3/t12-,17-/m1/s1. The van der Waals surface area contributed by atoms with Gasteiger partial charge in [0.05, 0.1) is 18.7 Å². The summed E-state index contributed by atoms with van der Waals surface area (Å²) in [7, 11) is 1.75. The second kappa shape index (κ2) is 4.14. The lowest BCUT2D eigenvalue weighted by atomic mass is 9.81. The van der Waals surface area contributed by atoms with Crippen molar-refractivity contribution >= 4 is 17.1 Å². The predicted molar refractivity (Wildman–Crippen MR) is 84.6 cm³/mol. The van der Waals surface area contributed by atoms with Crippen molar-refractivity contribution in [1.29, 1.82) is 0 Å². The van der Waals surface area contributed by atoms with Crippen molar-refractivity contribution in [1.82, 2.24) is 9.47 Å². The number of rotatable bonds is 1. The van der Waals surface area contributed by atoms with E-state index in [1.807, 2.05) is 0 Å². The van der Waals surface area contributed by atoms with E-state index in [4.69, 9.17) is 4.74 Å². The lowest BCUT2D eigenvalue weighted by molar-refractivity contribution is 0.0982. The van der Waals surface area contributed by atoms with Crippen molar-refractivity contribution in [3.63, 3.8) is 0 Å². The van der Waals surface area contributed by atoms with E-state index in [-0.39, 0.29) is 0 Å². The van der Waals surface area contributed by atoms with Gasteiger partial charge in [-0.05, 0) is 55.5 Å². The third kappa shape index (κ3) is 1.47. The smallest absolute Gasteiger partial charge is 0.119 e. The van der Waals surface area contributed by atoms with Gasteiger partial charge in [-0.15, -0.1) is 0 Å². The van der Waals surface area contributed by atoms with Crippen molar-refractivity contribution in [2.24, 2.45) is 5.92 Å². The Labute approximate surface area is 124 Å². The number of fused-ring (bicyclic) bond motifs is 3. The zero-order chi connectivity index (χ0) is 14.0. The quantitative estimate of drug-likeness (QED) is 0.796. The van der Waals surface area contributed by atoms with Crippen LogP contribution < -0.4 is 4.74 Å². The Morgan fingerprint density at radius 1 is 1.24 bits per heavy atom. The molecule has 21 heavy (non-hydrogen) atoms. The van der Waals surface area contributed by atoms with E-state index >= 15 is 0 Å². The van der Waals surface area contributed by atoms with Crippen LogP contribution in [0.2, 0.25) is 0 Å². The molecule has 1 aromatic carbocycles. The molecule has 0 radical (unpaired) electrons. The van der Waals surface area contributed by atoms with Crippen LogP contribution in [0.15, 0.2) is 24.3 Å². The van der Waals surface area contributed by atoms with Crippen molar-refractivity contribution in [3.8, 4) is 5.75 Å². The van der Waals surface area contributed by atoms with Crippen LogP contribution in [0.1, 0.15) is 30.1 Å². The SMILES string of the molecule is COc1ccc2c(c1)c1c3n2C=C[C@H]2CCCN(CC1)[C@@H]32. The van der Waals surface area contributed by atoms with Gasteiger partial charge in [0, 0.05) is 23.8 Å². The number of piperidine rings is 1. The highest BCUT2D eigenvalue weighted by molar-refractivity contribution is 5.89. The number of methoxy groups -OCH3 is 1. The molecule has 1 aromatic heterocycles. The minimum absolute atomic E-state index is 0.603. The molecule has 0 spiro atoms. The predicted octanol–water partition coefficient (Wildman–Crippen LogP) is 3.44. The number of ether oxygens (including phenoxy) is 1. The molecule has 0 N–H and O–H groups in total. The molecular formula is C18H20N2O. The van der Waals surface area contributed by atoms with Crippen LogP contribution in [0.4, 0.5) is 0 Å². The van der Waals surface area contributed by atoms with E-state index < -0.39 is 0 Å². The number of hydrogen-bond donors (Lipinski definition) is 0. The molecule has 1 fully saturated rings. The second-order valence-electron chi connectivity index (χ2n) is 6.50. The van der Waals surface area contributed by atoms with Gasteiger partial charge in [-0.2, -0.15) is 0 Å². The minimum atomic E-state index is 0.603. The molecule has 0 saturated carbocycles. The Morgan fingerprint density at radius 3 is 3.10 bits per heavy atom. The van der Waals surface area contributed by atoms with Gasteiger partial charge in [0.15, 0.2) is 0 Å². The van der Waals surface area contributed by atoms with Crippen molar-refractivity contribution < 1.29 is 4.74 Å². The summed E-state index contributed by atoms with van der Waals surface area (Å²) in [5, 5.41) is 1.39. The number of hydrogen-bond acceptors (Lipinski definition) is 2. The molecule has 1 saturated heterocycles. The number of nitrogens with zero attached hydrogens (tertiary/aromatic N) is 2. The molecule has 3 aliphatic heterocycles. The van der Waals surface area contributed by atoms with E-state index in [1.165, 1.54) is 43.3 Å². The van der Waals surface area contributed by atoms with Crippen LogP contribution in [-0.4, -0.2) is 29.7 Å². The second-order valence-corrected chi connectivity index (χ2v) is 6.50. The average molecular weight is 280 g/mol. The van der Waals surface area contributed by atoms with Crippen LogP contribution in [0, 0.1) is 5.92 Å². The van der Waals surface area contributed by atoms with Gasteiger partial charge in [-0.3, -0.25) is 4.90 Å². The Hall–Kier alpha value is -1.74. The molecular weight excluding hydrogens is 260 g/mol. The van der Waals surface area contributed by atoms with Gasteiger partial charge in [-0.25, -0.2) is 0 Å². The highest BCUT2D eigenvalue weighted by atomic mass is 16.5.